The highest BCUT2D eigenvalue weighted by Gasteiger charge is 2.21. The van der Waals surface area contributed by atoms with Gasteiger partial charge < -0.3 is 15.4 Å². The third-order valence-corrected chi connectivity index (χ3v) is 3.73. The Kier molecular flexibility index (Phi) is 5.83. The van der Waals surface area contributed by atoms with Crippen molar-refractivity contribution in [3.05, 3.63) is 28.2 Å². The lowest BCUT2D eigenvalue weighted by Gasteiger charge is -2.29. The Bertz CT molecular complexity index is 413. The predicted octanol–water partition coefficient (Wildman–Crippen LogP) is 3.58. The average molecular weight is 329 g/mol. The van der Waals surface area contributed by atoms with E-state index in [1.165, 1.54) is 5.56 Å². The minimum absolute atomic E-state index is 0.145. The zero-order valence-electron chi connectivity index (χ0n) is 12.5. The first-order valence-electron chi connectivity index (χ1n) is 6.53. The summed E-state index contributed by atoms with van der Waals surface area (Å²) in [5.74, 6) is 0.928. The number of nitrogens with zero attached hydrogens (tertiary/aromatic N) is 1. The fraction of sp³-hybridized carbons (Fsp3) is 0.600. The molecule has 1 aromatic rings. The van der Waals surface area contributed by atoms with Gasteiger partial charge in [0.2, 0.25) is 0 Å². The molecule has 108 valence electrons. The van der Waals surface area contributed by atoms with Crippen LogP contribution in [0.1, 0.15) is 38.3 Å². The van der Waals surface area contributed by atoms with Gasteiger partial charge in [-0.05, 0) is 59.0 Å². The molecule has 1 rings (SSSR count). The van der Waals surface area contributed by atoms with E-state index in [2.05, 4.69) is 54.8 Å². The van der Waals surface area contributed by atoms with Crippen LogP contribution in [0.2, 0.25) is 0 Å². The first-order chi connectivity index (χ1) is 8.74. The topological polar surface area (TPSA) is 38.5 Å². The summed E-state index contributed by atoms with van der Waals surface area (Å²) >= 11 is 3.53. The molecule has 0 aromatic heterocycles. The molecule has 0 saturated heterocycles. The normalized spacial score (nSPS) is 13.7. The standard InChI is InChI=1S/C15H25BrN2O/c1-15(2,17)9-8-13(18(3)4)12-10-11(16)6-7-14(12)19-5/h6-7,10,13H,8-9,17H2,1-5H3. The molecular weight excluding hydrogens is 304 g/mol. The summed E-state index contributed by atoms with van der Waals surface area (Å²) in [7, 11) is 5.90. The predicted molar refractivity (Wildman–Crippen MR) is 84.6 cm³/mol. The van der Waals surface area contributed by atoms with Crippen LogP contribution in [0.4, 0.5) is 0 Å². The van der Waals surface area contributed by atoms with Gasteiger partial charge in [-0.25, -0.2) is 0 Å². The molecular formula is C15H25BrN2O. The first-order valence-corrected chi connectivity index (χ1v) is 7.32. The van der Waals surface area contributed by atoms with E-state index in [1.54, 1.807) is 7.11 Å². The van der Waals surface area contributed by atoms with E-state index in [1.807, 2.05) is 12.1 Å². The Morgan fingerprint density at radius 1 is 1.37 bits per heavy atom. The summed E-state index contributed by atoms with van der Waals surface area (Å²) in [5, 5.41) is 0. The van der Waals surface area contributed by atoms with Crippen molar-refractivity contribution in [1.82, 2.24) is 4.90 Å². The molecule has 1 aromatic carbocycles. The van der Waals surface area contributed by atoms with Gasteiger partial charge in [0.05, 0.1) is 7.11 Å². The molecule has 0 heterocycles. The van der Waals surface area contributed by atoms with E-state index in [-0.39, 0.29) is 5.54 Å². The quantitative estimate of drug-likeness (QED) is 0.867. The highest BCUT2D eigenvalue weighted by Crippen LogP contribution is 2.34. The maximum atomic E-state index is 6.10. The molecule has 0 bridgehead atoms. The molecule has 0 saturated carbocycles. The molecule has 1 atom stereocenters. The molecule has 0 aliphatic heterocycles. The van der Waals surface area contributed by atoms with Gasteiger partial charge >= 0.3 is 0 Å². The molecule has 0 aliphatic rings. The van der Waals surface area contributed by atoms with Crippen molar-refractivity contribution < 1.29 is 4.74 Å². The van der Waals surface area contributed by atoms with Crippen molar-refractivity contribution in [3.63, 3.8) is 0 Å². The summed E-state index contributed by atoms with van der Waals surface area (Å²) in [5.41, 5.74) is 7.16. The minimum Gasteiger partial charge on any atom is -0.496 e. The van der Waals surface area contributed by atoms with Crippen LogP contribution < -0.4 is 10.5 Å². The third kappa shape index (κ3) is 5.13. The Labute approximate surface area is 125 Å². The summed E-state index contributed by atoms with van der Waals surface area (Å²) in [6.07, 6.45) is 1.97. The second-order valence-corrected chi connectivity index (χ2v) is 6.81. The smallest absolute Gasteiger partial charge is 0.123 e. The Morgan fingerprint density at radius 2 is 2.00 bits per heavy atom. The number of halogens is 1. The maximum Gasteiger partial charge on any atom is 0.123 e. The number of hydrogen-bond acceptors (Lipinski definition) is 3. The number of methoxy groups -OCH3 is 1. The average Bonchev–Trinajstić information content (AvgIpc) is 2.27. The molecule has 0 spiro atoms. The molecule has 1 unspecified atom stereocenters. The van der Waals surface area contributed by atoms with E-state index in [4.69, 9.17) is 10.5 Å². The van der Waals surface area contributed by atoms with Crippen LogP contribution >= 0.6 is 15.9 Å². The van der Waals surface area contributed by atoms with Crippen LogP contribution in [-0.4, -0.2) is 31.6 Å². The largest absolute Gasteiger partial charge is 0.496 e. The first kappa shape index (κ1) is 16.5. The molecule has 3 nitrogen and oxygen atoms in total. The Hall–Kier alpha value is -0.580. The van der Waals surface area contributed by atoms with Crippen molar-refractivity contribution in [2.45, 2.75) is 38.3 Å². The van der Waals surface area contributed by atoms with Crippen LogP contribution in [0.3, 0.4) is 0 Å². The van der Waals surface area contributed by atoms with Crippen LogP contribution in [0.15, 0.2) is 22.7 Å². The van der Waals surface area contributed by atoms with Crippen molar-refractivity contribution in [3.8, 4) is 5.75 Å². The SMILES string of the molecule is COc1ccc(Br)cc1C(CCC(C)(C)N)N(C)C. The third-order valence-electron chi connectivity index (χ3n) is 3.24. The van der Waals surface area contributed by atoms with E-state index in [9.17, 15) is 0 Å². The van der Waals surface area contributed by atoms with Gasteiger partial charge in [0.1, 0.15) is 5.75 Å². The summed E-state index contributed by atoms with van der Waals surface area (Å²) in [6, 6.07) is 6.44. The second kappa shape index (κ2) is 6.73. The maximum absolute atomic E-state index is 6.10. The number of nitrogens with two attached hydrogens (primary N) is 1. The Balaban J connectivity index is 3.02. The van der Waals surface area contributed by atoms with Crippen molar-refractivity contribution in [1.29, 1.82) is 0 Å². The van der Waals surface area contributed by atoms with Crippen LogP contribution in [0.25, 0.3) is 0 Å². The van der Waals surface area contributed by atoms with Crippen LogP contribution in [-0.2, 0) is 0 Å². The van der Waals surface area contributed by atoms with E-state index in [0.717, 1.165) is 23.1 Å². The van der Waals surface area contributed by atoms with Gasteiger partial charge in [0.25, 0.3) is 0 Å². The Morgan fingerprint density at radius 3 is 2.47 bits per heavy atom. The van der Waals surface area contributed by atoms with Crippen molar-refractivity contribution >= 4 is 15.9 Å². The zero-order valence-corrected chi connectivity index (χ0v) is 14.1. The number of benzene rings is 1. The van der Waals surface area contributed by atoms with Gasteiger partial charge in [-0.1, -0.05) is 15.9 Å². The number of rotatable bonds is 6. The highest BCUT2D eigenvalue weighted by atomic mass is 79.9. The summed E-state index contributed by atoms with van der Waals surface area (Å²) in [4.78, 5) is 2.22. The monoisotopic (exact) mass is 328 g/mol. The second-order valence-electron chi connectivity index (χ2n) is 5.89. The van der Waals surface area contributed by atoms with E-state index < -0.39 is 0 Å². The lowest BCUT2D eigenvalue weighted by atomic mass is 9.92. The van der Waals surface area contributed by atoms with Gasteiger partial charge in [-0.2, -0.15) is 0 Å². The highest BCUT2D eigenvalue weighted by molar-refractivity contribution is 9.10. The van der Waals surface area contributed by atoms with Crippen LogP contribution in [0.5, 0.6) is 5.75 Å². The van der Waals surface area contributed by atoms with Gasteiger partial charge in [-0.3, -0.25) is 0 Å². The van der Waals surface area contributed by atoms with Crippen LogP contribution in [0, 0.1) is 0 Å². The summed E-state index contributed by atoms with van der Waals surface area (Å²) in [6.45, 7) is 4.13. The van der Waals surface area contributed by atoms with E-state index >= 15 is 0 Å². The molecule has 19 heavy (non-hydrogen) atoms. The molecule has 2 N–H and O–H groups in total. The lowest BCUT2D eigenvalue weighted by Crippen LogP contribution is -2.33. The fourth-order valence-corrected chi connectivity index (χ4v) is 2.55. The number of hydrogen-bond donors (Lipinski definition) is 1. The lowest BCUT2D eigenvalue weighted by molar-refractivity contribution is 0.254. The fourth-order valence-electron chi connectivity index (χ4n) is 2.17. The zero-order chi connectivity index (χ0) is 14.6. The molecule has 4 heteroatoms. The molecule has 0 fully saturated rings. The molecule has 0 aliphatic carbocycles. The van der Waals surface area contributed by atoms with Crippen molar-refractivity contribution in [2.24, 2.45) is 5.73 Å². The van der Waals surface area contributed by atoms with Gasteiger partial charge in [-0.15, -0.1) is 0 Å². The number of ether oxygens (including phenoxy) is 1. The molecule has 0 amide bonds. The van der Waals surface area contributed by atoms with Crippen molar-refractivity contribution in [2.75, 3.05) is 21.2 Å². The summed E-state index contributed by atoms with van der Waals surface area (Å²) < 4.78 is 6.56. The minimum atomic E-state index is -0.145. The van der Waals surface area contributed by atoms with E-state index in [0.29, 0.717) is 6.04 Å². The van der Waals surface area contributed by atoms with Gasteiger partial charge in [0.15, 0.2) is 0 Å². The van der Waals surface area contributed by atoms with Gasteiger partial charge in [0, 0.05) is 21.6 Å². The molecule has 0 radical (unpaired) electrons.